The van der Waals surface area contributed by atoms with Crippen molar-refractivity contribution in [2.75, 3.05) is 20.6 Å². The molecule has 3 nitrogen and oxygen atoms in total. The van der Waals surface area contributed by atoms with Crippen LogP contribution in [0.3, 0.4) is 0 Å². The topological polar surface area (TPSA) is 32.7 Å². The van der Waals surface area contributed by atoms with Gasteiger partial charge in [-0.1, -0.05) is 191 Å². The quantitative estimate of drug-likeness (QED) is 0.0392. The molecule has 7 atom stereocenters. The van der Waals surface area contributed by atoms with E-state index < -0.39 is 6.29 Å². The molecule has 0 radical (unpaired) electrons. The summed E-state index contributed by atoms with van der Waals surface area (Å²) < 4.78 is 6.27. The van der Waals surface area contributed by atoms with Crippen molar-refractivity contribution >= 4 is 0 Å². The van der Waals surface area contributed by atoms with Crippen LogP contribution in [0.25, 0.3) is 0 Å². The number of unbranched alkanes of at least 4 members (excludes halogenated alkanes) is 2. The molecule has 7 unspecified atom stereocenters. The van der Waals surface area contributed by atoms with Crippen molar-refractivity contribution < 1.29 is 9.84 Å². The second kappa shape index (κ2) is 33.8. The highest BCUT2D eigenvalue weighted by Crippen LogP contribution is 2.27. The average Bonchev–Trinajstić information content (AvgIpc) is 3.05. The third-order valence-electron chi connectivity index (χ3n) is 12.0. The molecule has 1 N–H and O–H groups in total. The van der Waals surface area contributed by atoms with E-state index in [4.69, 9.17) is 4.74 Å². The van der Waals surface area contributed by atoms with Crippen LogP contribution in [0, 0.1) is 47.3 Å². The molecule has 0 heterocycles. The number of allylic oxidation sites excluding steroid dienone is 2. The van der Waals surface area contributed by atoms with E-state index in [-0.39, 0.29) is 0 Å². The number of nitrogens with zero attached hydrogens (tertiary/aromatic N) is 1. The summed E-state index contributed by atoms with van der Waals surface area (Å²) in [4.78, 5) is 2.24. The molecular formula is C49H99NO2. The van der Waals surface area contributed by atoms with Gasteiger partial charge in [-0.2, -0.15) is 0 Å². The summed E-state index contributed by atoms with van der Waals surface area (Å²) in [6.45, 7) is 25.2. The number of aliphatic hydroxyl groups excluding tert-OH is 1. The van der Waals surface area contributed by atoms with Gasteiger partial charge in [-0.05, 0) is 99.7 Å². The molecule has 0 amide bonds. The van der Waals surface area contributed by atoms with Gasteiger partial charge in [-0.25, -0.2) is 0 Å². The molecule has 0 rings (SSSR count). The summed E-state index contributed by atoms with van der Waals surface area (Å²) in [6, 6.07) is 0. The Balaban J connectivity index is 4.64. The lowest BCUT2D eigenvalue weighted by molar-refractivity contribution is -0.0742. The van der Waals surface area contributed by atoms with Gasteiger partial charge in [0.25, 0.3) is 0 Å². The van der Waals surface area contributed by atoms with E-state index >= 15 is 0 Å². The van der Waals surface area contributed by atoms with Crippen LogP contribution in [-0.2, 0) is 4.74 Å². The van der Waals surface area contributed by atoms with Gasteiger partial charge in [0.05, 0.1) is 5.76 Å². The molecule has 0 aromatic rings. The molecule has 0 saturated heterocycles. The van der Waals surface area contributed by atoms with Gasteiger partial charge in [0, 0.05) is 12.8 Å². The minimum atomic E-state index is -0.672. The highest BCUT2D eigenvalue weighted by Gasteiger charge is 2.14. The van der Waals surface area contributed by atoms with Gasteiger partial charge in [0.1, 0.15) is 0 Å². The number of rotatable bonds is 37. The molecule has 0 bridgehead atoms. The number of hydrogen-bond donors (Lipinski definition) is 1. The van der Waals surface area contributed by atoms with Crippen LogP contribution in [0.1, 0.15) is 230 Å². The highest BCUT2D eigenvalue weighted by atomic mass is 16.6. The molecule has 0 spiro atoms. The number of ether oxygens (including phenoxy) is 1. The van der Waals surface area contributed by atoms with Gasteiger partial charge in [0.2, 0.25) is 0 Å². The summed E-state index contributed by atoms with van der Waals surface area (Å²) in [5.41, 5.74) is 0. The molecular weight excluding hydrogens is 635 g/mol. The predicted octanol–water partition coefficient (Wildman–Crippen LogP) is 15.6. The van der Waals surface area contributed by atoms with E-state index in [2.05, 4.69) is 94.3 Å². The lowest BCUT2D eigenvalue weighted by Crippen LogP contribution is -2.14. The van der Waals surface area contributed by atoms with Crippen molar-refractivity contribution in [3.8, 4) is 0 Å². The van der Waals surface area contributed by atoms with Gasteiger partial charge in [-0.3, -0.25) is 0 Å². The predicted molar refractivity (Wildman–Crippen MR) is 234 cm³/mol. The fraction of sp³-hybridized carbons (Fsp3) is 0.959. The Kier molecular flexibility index (Phi) is 33.4. The summed E-state index contributed by atoms with van der Waals surface area (Å²) in [6.07, 6.45) is 33.8. The first kappa shape index (κ1) is 51.5. The van der Waals surface area contributed by atoms with Crippen molar-refractivity contribution in [1.29, 1.82) is 0 Å². The van der Waals surface area contributed by atoms with Crippen molar-refractivity contribution in [1.82, 2.24) is 4.90 Å². The Morgan fingerprint density at radius 2 is 0.808 bits per heavy atom. The SMILES string of the molecule is CC(C)CCCC(C)CCCC(C)CCCC(C)CC=C(CCC(C)CCCC(C)CCCC(C)CCCC(C)C)OC(O)CCCCCN(C)C. The van der Waals surface area contributed by atoms with Crippen molar-refractivity contribution in [2.45, 2.75) is 236 Å². The normalized spacial score (nSPS) is 16.7. The standard InChI is InChI=1S/C49H99NO2/c1-40(2)22-16-24-42(5)26-18-28-44(7)30-20-32-46(9)35-37-48(52-49(51)34-14-13-15-39-50(11)12)38-36-47(10)33-21-31-45(8)29-19-27-43(6)25-17-23-41(3)4/h37,40-47,49,51H,13-36,38-39H2,1-12H3. The lowest BCUT2D eigenvalue weighted by atomic mass is 9.90. The van der Waals surface area contributed by atoms with Crippen LogP contribution in [0.15, 0.2) is 11.8 Å². The average molecular weight is 734 g/mol. The fourth-order valence-electron chi connectivity index (χ4n) is 7.94. The van der Waals surface area contributed by atoms with Crippen LogP contribution in [0.2, 0.25) is 0 Å². The van der Waals surface area contributed by atoms with E-state index in [0.29, 0.717) is 11.8 Å². The summed E-state index contributed by atoms with van der Waals surface area (Å²) in [7, 11) is 4.27. The first-order valence-electron chi connectivity index (χ1n) is 23.4. The van der Waals surface area contributed by atoms with Crippen molar-refractivity contribution in [3.63, 3.8) is 0 Å². The zero-order valence-electron chi connectivity index (χ0n) is 38.0. The molecule has 0 aliphatic rings. The monoisotopic (exact) mass is 734 g/mol. The maximum Gasteiger partial charge on any atom is 0.196 e. The van der Waals surface area contributed by atoms with Crippen molar-refractivity contribution in [2.24, 2.45) is 47.3 Å². The molecule has 312 valence electrons. The first-order valence-corrected chi connectivity index (χ1v) is 23.4. The molecule has 0 aromatic carbocycles. The van der Waals surface area contributed by atoms with Gasteiger partial charge >= 0.3 is 0 Å². The maximum absolute atomic E-state index is 10.8. The van der Waals surface area contributed by atoms with Crippen LogP contribution >= 0.6 is 0 Å². The molecule has 52 heavy (non-hydrogen) atoms. The second-order valence-electron chi connectivity index (χ2n) is 19.7. The maximum atomic E-state index is 10.8. The third kappa shape index (κ3) is 35.2. The Morgan fingerprint density at radius 3 is 1.19 bits per heavy atom. The van der Waals surface area contributed by atoms with E-state index in [9.17, 15) is 5.11 Å². The summed E-state index contributed by atoms with van der Waals surface area (Å²) in [5, 5.41) is 10.8. The highest BCUT2D eigenvalue weighted by molar-refractivity contribution is 4.95. The van der Waals surface area contributed by atoms with Crippen LogP contribution < -0.4 is 0 Å². The Labute approximate surface area is 329 Å². The minimum Gasteiger partial charge on any atom is -0.470 e. The minimum absolute atomic E-state index is 0.664. The van der Waals surface area contributed by atoms with E-state index in [1.165, 1.54) is 122 Å². The Hall–Kier alpha value is -0.540. The van der Waals surface area contributed by atoms with Crippen LogP contribution in [0.4, 0.5) is 0 Å². The van der Waals surface area contributed by atoms with E-state index in [1.54, 1.807) is 0 Å². The lowest BCUT2D eigenvalue weighted by Gasteiger charge is -2.20. The van der Waals surface area contributed by atoms with Crippen LogP contribution in [-0.4, -0.2) is 36.9 Å². The van der Waals surface area contributed by atoms with E-state index in [1.807, 2.05) is 0 Å². The Bertz CT molecular complexity index is 790. The molecule has 0 aromatic heterocycles. The molecule has 3 heteroatoms. The van der Waals surface area contributed by atoms with Gasteiger partial charge < -0.3 is 14.7 Å². The molecule has 0 aliphatic carbocycles. The third-order valence-corrected chi connectivity index (χ3v) is 12.0. The second-order valence-corrected chi connectivity index (χ2v) is 19.7. The summed E-state index contributed by atoms with van der Waals surface area (Å²) in [5.74, 6) is 7.57. The smallest absolute Gasteiger partial charge is 0.196 e. The Morgan fingerprint density at radius 1 is 0.442 bits per heavy atom. The number of hydrogen-bond acceptors (Lipinski definition) is 3. The molecule has 0 aliphatic heterocycles. The fourth-order valence-corrected chi connectivity index (χ4v) is 7.94. The van der Waals surface area contributed by atoms with Gasteiger partial charge in [0.15, 0.2) is 6.29 Å². The molecule has 0 fully saturated rings. The molecule has 0 saturated carbocycles. The largest absolute Gasteiger partial charge is 0.470 e. The first-order chi connectivity index (χ1) is 24.7. The van der Waals surface area contributed by atoms with Gasteiger partial charge in [-0.15, -0.1) is 0 Å². The zero-order valence-corrected chi connectivity index (χ0v) is 38.0. The summed E-state index contributed by atoms with van der Waals surface area (Å²) >= 11 is 0. The van der Waals surface area contributed by atoms with Crippen LogP contribution in [0.5, 0.6) is 0 Å². The number of aliphatic hydroxyl groups is 1. The van der Waals surface area contributed by atoms with E-state index in [0.717, 1.165) is 86.3 Å². The van der Waals surface area contributed by atoms with Crippen molar-refractivity contribution in [3.05, 3.63) is 11.8 Å². The zero-order chi connectivity index (χ0) is 39.1.